The van der Waals surface area contributed by atoms with Crippen molar-refractivity contribution in [1.29, 1.82) is 0 Å². The lowest BCUT2D eigenvalue weighted by Crippen LogP contribution is -2.48. The van der Waals surface area contributed by atoms with Crippen LogP contribution < -0.4 is 16.2 Å². The number of rotatable bonds is 6. The number of carbonyl (C=O) groups is 1. The quantitative estimate of drug-likeness (QED) is 0.551. The van der Waals surface area contributed by atoms with Gasteiger partial charge in [-0.2, -0.15) is 0 Å². The van der Waals surface area contributed by atoms with Crippen molar-refractivity contribution in [2.45, 2.75) is 52.2 Å². The van der Waals surface area contributed by atoms with Crippen LogP contribution in [0.4, 0.5) is 10.5 Å². The molecular weight excluding hydrogens is 298 g/mol. The fourth-order valence-electron chi connectivity index (χ4n) is 1.75. The van der Waals surface area contributed by atoms with E-state index in [1.807, 2.05) is 58.0 Å². The van der Waals surface area contributed by atoms with Crippen molar-refractivity contribution in [2.75, 3.05) is 5.43 Å². The molecular formula is C16H25N3O2S. The molecule has 0 saturated carbocycles. The van der Waals surface area contributed by atoms with Crippen LogP contribution in [0.15, 0.2) is 30.3 Å². The molecule has 0 aliphatic rings. The van der Waals surface area contributed by atoms with E-state index in [1.54, 1.807) is 0 Å². The maximum atomic E-state index is 11.9. The summed E-state index contributed by atoms with van der Waals surface area (Å²) in [6.07, 6.45) is 1.17. The lowest BCUT2D eigenvalue weighted by atomic mass is 10.1. The van der Waals surface area contributed by atoms with E-state index in [9.17, 15) is 4.79 Å². The summed E-state index contributed by atoms with van der Waals surface area (Å²) in [6.45, 7) is 7.52. The van der Waals surface area contributed by atoms with Crippen molar-refractivity contribution in [3.8, 4) is 0 Å². The number of nitrogens with one attached hydrogen (secondary N) is 3. The molecule has 22 heavy (non-hydrogen) atoms. The van der Waals surface area contributed by atoms with Crippen molar-refractivity contribution in [3.63, 3.8) is 0 Å². The van der Waals surface area contributed by atoms with Gasteiger partial charge in [-0.25, -0.2) is 4.79 Å². The number of alkyl carbamates (subject to hydrolysis) is 1. The number of para-hydroxylation sites is 1. The van der Waals surface area contributed by atoms with Crippen molar-refractivity contribution in [1.82, 2.24) is 10.7 Å². The molecule has 1 unspecified atom stereocenters. The third-order valence-corrected chi connectivity index (χ3v) is 3.08. The maximum Gasteiger partial charge on any atom is 0.408 e. The van der Waals surface area contributed by atoms with Crippen LogP contribution in [-0.2, 0) is 4.74 Å². The van der Waals surface area contributed by atoms with Gasteiger partial charge in [0.2, 0.25) is 0 Å². The Morgan fingerprint density at radius 2 is 1.91 bits per heavy atom. The Bertz CT molecular complexity index is 486. The molecule has 3 N–H and O–H groups in total. The van der Waals surface area contributed by atoms with Crippen LogP contribution in [-0.4, -0.2) is 22.7 Å². The highest BCUT2D eigenvalue weighted by atomic mass is 32.1. The van der Waals surface area contributed by atoms with Gasteiger partial charge in [0.1, 0.15) is 10.6 Å². The molecule has 0 saturated heterocycles. The van der Waals surface area contributed by atoms with Crippen molar-refractivity contribution < 1.29 is 9.53 Å². The average molecular weight is 323 g/mol. The van der Waals surface area contributed by atoms with Gasteiger partial charge in [-0.3, -0.25) is 5.43 Å². The highest BCUT2D eigenvalue weighted by Crippen LogP contribution is 2.08. The zero-order chi connectivity index (χ0) is 16.6. The second-order valence-corrected chi connectivity index (χ2v) is 6.41. The first-order valence-corrected chi connectivity index (χ1v) is 7.83. The molecule has 0 spiro atoms. The molecule has 0 heterocycles. The molecule has 0 aromatic heterocycles. The average Bonchev–Trinajstić information content (AvgIpc) is 2.43. The Hall–Kier alpha value is -1.82. The van der Waals surface area contributed by atoms with E-state index < -0.39 is 11.7 Å². The number of thiocarbonyl (C=S) groups is 1. The highest BCUT2D eigenvalue weighted by molar-refractivity contribution is 7.80. The third-order valence-electron chi connectivity index (χ3n) is 2.69. The molecule has 1 amide bonds. The molecule has 0 radical (unpaired) electrons. The van der Waals surface area contributed by atoms with Crippen LogP contribution in [0.5, 0.6) is 0 Å². The Morgan fingerprint density at radius 1 is 1.27 bits per heavy atom. The van der Waals surface area contributed by atoms with Gasteiger partial charge < -0.3 is 15.5 Å². The second kappa shape index (κ2) is 8.58. The van der Waals surface area contributed by atoms with Crippen LogP contribution >= 0.6 is 12.2 Å². The summed E-state index contributed by atoms with van der Waals surface area (Å²) >= 11 is 5.36. The summed E-state index contributed by atoms with van der Waals surface area (Å²) in [5.74, 6) is 0. The van der Waals surface area contributed by atoms with Gasteiger partial charge in [0, 0.05) is 0 Å². The predicted octanol–water partition coefficient (Wildman–Crippen LogP) is 3.62. The number of hydrogen-bond donors (Lipinski definition) is 3. The van der Waals surface area contributed by atoms with E-state index in [2.05, 4.69) is 16.2 Å². The van der Waals surface area contributed by atoms with Crippen LogP contribution in [0, 0.1) is 0 Å². The standard InChI is InChI=1S/C16H25N3O2S/c1-5-9-13(17-15(20)21-16(2,3)4)14(22)19-18-12-10-7-6-8-11-12/h6-8,10-11,13,18H,5,9H2,1-4H3,(H,17,20)(H,19,22). The van der Waals surface area contributed by atoms with E-state index in [0.717, 1.165) is 18.5 Å². The van der Waals surface area contributed by atoms with Crippen LogP contribution in [0.2, 0.25) is 0 Å². The topological polar surface area (TPSA) is 62.4 Å². The summed E-state index contributed by atoms with van der Waals surface area (Å²) in [5, 5.41) is 2.81. The summed E-state index contributed by atoms with van der Waals surface area (Å²) < 4.78 is 5.27. The molecule has 6 heteroatoms. The Kier molecular flexibility index (Phi) is 7.11. The Morgan fingerprint density at radius 3 is 2.45 bits per heavy atom. The molecule has 1 atom stereocenters. The van der Waals surface area contributed by atoms with Crippen LogP contribution in [0.25, 0.3) is 0 Å². The predicted molar refractivity (Wildman–Crippen MR) is 93.9 cm³/mol. The van der Waals surface area contributed by atoms with Crippen molar-refractivity contribution in [3.05, 3.63) is 30.3 Å². The number of hydrazine groups is 1. The normalized spacial score (nSPS) is 12.2. The first-order valence-electron chi connectivity index (χ1n) is 7.42. The smallest absolute Gasteiger partial charge is 0.408 e. The van der Waals surface area contributed by atoms with Crippen LogP contribution in [0.3, 0.4) is 0 Å². The number of carbonyl (C=O) groups excluding carboxylic acids is 1. The zero-order valence-corrected chi connectivity index (χ0v) is 14.4. The Balaban J connectivity index is 2.54. The molecule has 5 nitrogen and oxygen atoms in total. The number of hydrogen-bond acceptors (Lipinski definition) is 4. The zero-order valence-electron chi connectivity index (χ0n) is 13.6. The van der Waals surface area contributed by atoms with Crippen molar-refractivity contribution >= 4 is 29.0 Å². The first-order chi connectivity index (χ1) is 10.3. The van der Waals surface area contributed by atoms with Gasteiger partial charge in [0.15, 0.2) is 0 Å². The molecule has 1 rings (SSSR count). The minimum atomic E-state index is -0.530. The fraction of sp³-hybridized carbons (Fsp3) is 0.500. The van der Waals surface area contributed by atoms with E-state index in [0.29, 0.717) is 4.99 Å². The third kappa shape index (κ3) is 7.26. The first kappa shape index (κ1) is 18.2. The summed E-state index contributed by atoms with van der Waals surface area (Å²) in [5.41, 5.74) is 6.36. The number of amides is 1. The molecule has 0 aliphatic carbocycles. The SMILES string of the molecule is CCCC(NC(=O)OC(C)(C)C)C(=S)NNc1ccccc1. The summed E-state index contributed by atoms with van der Waals surface area (Å²) in [4.78, 5) is 12.4. The van der Waals surface area contributed by atoms with Gasteiger partial charge in [0.05, 0.1) is 11.7 Å². The molecule has 0 fully saturated rings. The lowest BCUT2D eigenvalue weighted by molar-refractivity contribution is 0.0516. The van der Waals surface area contributed by atoms with Crippen LogP contribution in [0.1, 0.15) is 40.5 Å². The lowest BCUT2D eigenvalue weighted by Gasteiger charge is -2.24. The molecule has 0 bridgehead atoms. The maximum absolute atomic E-state index is 11.9. The van der Waals surface area contributed by atoms with E-state index in [4.69, 9.17) is 17.0 Å². The minimum absolute atomic E-state index is 0.272. The van der Waals surface area contributed by atoms with Crippen molar-refractivity contribution in [2.24, 2.45) is 0 Å². The summed E-state index contributed by atoms with van der Waals surface area (Å²) in [7, 11) is 0. The number of anilines is 1. The Labute approximate surface area is 137 Å². The van der Waals surface area contributed by atoms with Gasteiger partial charge in [-0.15, -0.1) is 0 Å². The number of ether oxygens (including phenoxy) is 1. The van der Waals surface area contributed by atoms with Gasteiger partial charge in [0.25, 0.3) is 0 Å². The van der Waals surface area contributed by atoms with E-state index in [-0.39, 0.29) is 6.04 Å². The fourth-order valence-corrected chi connectivity index (χ4v) is 1.98. The van der Waals surface area contributed by atoms with Gasteiger partial charge in [-0.05, 0) is 39.3 Å². The second-order valence-electron chi connectivity index (χ2n) is 5.97. The monoisotopic (exact) mass is 323 g/mol. The highest BCUT2D eigenvalue weighted by Gasteiger charge is 2.21. The molecule has 0 aliphatic heterocycles. The molecule has 122 valence electrons. The molecule has 1 aromatic carbocycles. The van der Waals surface area contributed by atoms with Gasteiger partial charge >= 0.3 is 6.09 Å². The van der Waals surface area contributed by atoms with E-state index >= 15 is 0 Å². The number of benzene rings is 1. The van der Waals surface area contributed by atoms with Gasteiger partial charge in [-0.1, -0.05) is 43.8 Å². The van der Waals surface area contributed by atoms with E-state index in [1.165, 1.54) is 0 Å². The largest absolute Gasteiger partial charge is 0.444 e. The minimum Gasteiger partial charge on any atom is -0.444 e. The molecule has 1 aromatic rings. The summed E-state index contributed by atoms with van der Waals surface area (Å²) in [6, 6.07) is 9.36.